The van der Waals surface area contributed by atoms with E-state index in [1.54, 1.807) is 0 Å². The summed E-state index contributed by atoms with van der Waals surface area (Å²) in [6.45, 7) is 5.79. The molecule has 5 atom stereocenters. The van der Waals surface area contributed by atoms with Crippen molar-refractivity contribution in [2.75, 3.05) is 6.54 Å². The maximum Gasteiger partial charge on any atom is 0.312 e. The molecule has 1 amide bonds. The largest absolute Gasteiger partial charge is 0.481 e. The number of aliphatic hydroxyl groups is 1. The van der Waals surface area contributed by atoms with E-state index in [1.807, 2.05) is 6.92 Å². The first kappa shape index (κ1) is 18.9. The van der Waals surface area contributed by atoms with E-state index in [0.717, 1.165) is 19.3 Å². The van der Waals surface area contributed by atoms with Crippen LogP contribution in [-0.2, 0) is 9.59 Å². The molecule has 1 aliphatic carbocycles. The van der Waals surface area contributed by atoms with Crippen LogP contribution in [0.5, 0.6) is 0 Å². The number of carbonyl (C=O) groups excluding carboxylic acids is 1. The Labute approximate surface area is 132 Å². The summed E-state index contributed by atoms with van der Waals surface area (Å²) >= 11 is 0. The molecular weight excluding hydrogens is 284 g/mol. The Bertz CT molecular complexity index is 402. The van der Waals surface area contributed by atoms with Gasteiger partial charge in [-0.05, 0) is 18.8 Å². The highest BCUT2D eigenvalue weighted by Crippen LogP contribution is 2.47. The molecule has 0 aromatic heterocycles. The summed E-state index contributed by atoms with van der Waals surface area (Å²) in [5.41, 5.74) is 5.01. The van der Waals surface area contributed by atoms with E-state index in [4.69, 9.17) is 5.73 Å². The number of nitrogens with two attached hydrogens (primary N) is 1. The van der Waals surface area contributed by atoms with Crippen molar-refractivity contribution in [2.45, 2.75) is 65.0 Å². The van der Waals surface area contributed by atoms with Crippen LogP contribution < -0.4 is 11.1 Å². The molecule has 0 saturated heterocycles. The average molecular weight is 314 g/mol. The molecule has 22 heavy (non-hydrogen) atoms. The number of carbonyl (C=O) groups is 2. The van der Waals surface area contributed by atoms with Gasteiger partial charge in [0.2, 0.25) is 5.91 Å². The highest BCUT2D eigenvalue weighted by atomic mass is 16.4. The Morgan fingerprint density at radius 1 is 1.41 bits per heavy atom. The maximum atomic E-state index is 11.8. The van der Waals surface area contributed by atoms with Crippen LogP contribution in [0.25, 0.3) is 0 Å². The van der Waals surface area contributed by atoms with Gasteiger partial charge in [-0.2, -0.15) is 0 Å². The molecule has 1 saturated carbocycles. The highest BCUT2D eigenvalue weighted by Gasteiger charge is 2.57. The number of hydrogen-bond acceptors (Lipinski definition) is 4. The second-order valence-corrected chi connectivity index (χ2v) is 6.72. The predicted molar refractivity (Wildman–Crippen MR) is 84.1 cm³/mol. The normalized spacial score (nSPS) is 32.7. The topological polar surface area (TPSA) is 113 Å². The van der Waals surface area contributed by atoms with Crippen molar-refractivity contribution in [2.24, 2.45) is 23.0 Å². The van der Waals surface area contributed by atoms with Crippen LogP contribution in [0.4, 0.5) is 0 Å². The molecule has 1 aliphatic rings. The number of hydrogen-bond donors (Lipinski definition) is 4. The molecule has 6 nitrogen and oxygen atoms in total. The zero-order valence-corrected chi connectivity index (χ0v) is 13.8. The van der Waals surface area contributed by atoms with E-state index >= 15 is 0 Å². The molecular formula is C16H30N2O4. The van der Waals surface area contributed by atoms with Crippen LogP contribution in [0, 0.1) is 17.3 Å². The Hall–Kier alpha value is -1.14. The van der Waals surface area contributed by atoms with Crippen molar-refractivity contribution in [1.29, 1.82) is 0 Å². The first-order valence-electron chi connectivity index (χ1n) is 8.17. The molecule has 0 aromatic rings. The van der Waals surface area contributed by atoms with Crippen LogP contribution in [0.3, 0.4) is 0 Å². The molecule has 6 heteroatoms. The zero-order valence-electron chi connectivity index (χ0n) is 13.8. The summed E-state index contributed by atoms with van der Waals surface area (Å²) in [6.07, 6.45) is 2.50. The molecule has 0 bridgehead atoms. The highest BCUT2D eigenvalue weighted by molar-refractivity contribution is 5.76. The molecule has 1 rings (SSSR count). The van der Waals surface area contributed by atoms with E-state index in [2.05, 4.69) is 12.2 Å². The van der Waals surface area contributed by atoms with Gasteiger partial charge < -0.3 is 21.3 Å². The van der Waals surface area contributed by atoms with Gasteiger partial charge in [0, 0.05) is 25.4 Å². The molecule has 0 aromatic carbocycles. The molecule has 0 radical (unpaired) electrons. The molecule has 128 valence electrons. The van der Waals surface area contributed by atoms with Crippen LogP contribution >= 0.6 is 0 Å². The van der Waals surface area contributed by atoms with Gasteiger partial charge in [0.05, 0.1) is 11.5 Å². The van der Waals surface area contributed by atoms with Crippen molar-refractivity contribution in [3.8, 4) is 0 Å². The molecule has 1 fully saturated rings. The van der Waals surface area contributed by atoms with Crippen LogP contribution in [0.1, 0.15) is 52.9 Å². The van der Waals surface area contributed by atoms with E-state index in [9.17, 15) is 19.8 Å². The first-order valence-corrected chi connectivity index (χ1v) is 8.17. The monoisotopic (exact) mass is 314 g/mol. The molecule has 0 aliphatic heterocycles. The van der Waals surface area contributed by atoms with Gasteiger partial charge in [-0.15, -0.1) is 0 Å². The minimum absolute atomic E-state index is 0.0682. The quantitative estimate of drug-likeness (QED) is 0.501. The van der Waals surface area contributed by atoms with Crippen LogP contribution in [0.15, 0.2) is 0 Å². The lowest BCUT2D eigenvalue weighted by atomic mass is 9.76. The average Bonchev–Trinajstić information content (AvgIpc) is 2.69. The number of aliphatic carboxylic acids is 1. The lowest BCUT2D eigenvalue weighted by Gasteiger charge is -2.32. The lowest BCUT2D eigenvalue weighted by molar-refractivity contribution is -0.157. The van der Waals surface area contributed by atoms with Crippen molar-refractivity contribution in [3.05, 3.63) is 0 Å². The van der Waals surface area contributed by atoms with Crippen molar-refractivity contribution in [3.63, 3.8) is 0 Å². The minimum Gasteiger partial charge on any atom is -0.481 e. The molecule has 0 spiro atoms. The summed E-state index contributed by atoms with van der Waals surface area (Å²) < 4.78 is 0. The fraction of sp³-hybridized carbons (Fsp3) is 0.875. The van der Waals surface area contributed by atoms with E-state index in [-0.39, 0.29) is 23.8 Å². The number of nitrogens with one attached hydrogen (secondary N) is 1. The number of rotatable bonds is 8. The number of unbranched alkanes of at least 4 members (excludes halogenated alkanes) is 2. The maximum absolute atomic E-state index is 11.8. The fourth-order valence-corrected chi connectivity index (χ4v) is 3.72. The summed E-state index contributed by atoms with van der Waals surface area (Å²) in [4.78, 5) is 22.9. The smallest absolute Gasteiger partial charge is 0.312 e. The number of aliphatic hydroxyl groups excluding tert-OH is 1. The minimum atomic E-state index is -1.15. The Morgan fingerprint density at radius 3 is 2.55 bits per heavy atom. The van der Waals surface area contributed by atoms with Gasteiger partial charge in [-0.1, -0.05) is 33.1 Å². The van der Waals surface area contributed by atoms with E-state index in [0.29, 0.717) is 19.4 Å². The number of amides is 1. The third kappa shape index (κ3) is 3.98. The first-order chi connectivity index (χ1) is 10.3. The zero-order chi connectivity index (χ0) is 16.9. The Kier molecular flexibility index (Phi) is 6.81. The van der Waals surface area contributed by atoms with Crippen LogP contribution in [-0.4, -0.2) is 40.8 Å². The van der Waals surface area contributed by atoms with Crippen LogP contribution in [0.2, 0.25) is 0 Å². The van der Waals surface area contributed by atoms with E-state index < -0.39 is 17.5 Å². The van der Waals surface area contributed by atoms with Crippen molar-refractivity contribution >= 4 is 11.9 Å². The van der Waals surface area contributed by atoms with Gasteiger partial charge in [0.15, 0.2) is 0 Å². The SMILES string of the molecule is CCCCC[C@]1(C(=O)O)C[C@@H](N)[C@@H](C(C)CNC(C)=O)[C@@H]1O. The fourth-order valence-electron chi connectivity index (χ4n) is 3.72. The summed E-state index contributed by atoms with van der Waals surface area (Å²) in [7, 11) is 0. The van der Waals surface area contributed by atoms with E-state index in [1.165, 1.54) is 6.92 Å². The van der Waals surface area contributed by atoms with Crippen molar-refractivity contribution < 1.29 is 19.8 Å². The third-order valence-corrected chi connectivity index (χ3v) is 5.01. The lowest BCUT2D eigenvalue weighted by Crippen LogP contribution is -2.44. The predicted octanol–water partition coefficient (Wildman–Crippen LogP) is 1.12. The Balaban J connectivity index is 2.85. The second-order valence-electron chi connectivity index (χ2n) is 6.72. The van der Waals surface area contributed by atoms with Gasteiger partial charge in [-0.25, -0.2) is 0 Å². The third-order valence-electron chi connectivity index (χ3n) is 5.01. The summed E-state index contributed by atoms with van der Waals surface area (Å²) in [5, 5.41) is 23.1. The number of carboxylic acids is 1. The van der Waals surface area contributed by atoms with Crippen molar-refractivity contribution in [1.82, 2.24) is 5.32 Å². The number of carboxylic acid groups (broad SMARTS) is 1. The second kappa shape index (κ2) is 7.92. The molecule has 0 heterocycles. The Morgan fingerprint density at radius 2 is 2.05 bits per heavy atom. The summed E-state index contributed by atoms with van der Waals surface area (Å²) in [5.74, 6) is -1.48. The van der Waals surface area contributed by atoms with Gasteiger partial charge >= 0.3 is 5.97 Å². The standard InChI is InChI=1S/C16H30N2O4/c1-4-5-6-7-16(15(21)22)8-12(17)13(14(16)20)10(2)9-18-11(3)19/h10,12-14,20H,4-9,17H2,1-3H3,(H,18,19)(H,21,22)/t10?,12-,13-,14+,16+/m1/s1. The van der Waals surface area contributed by atoms with Gasteiger partial charge in [0.25, 0.3) is 0 Å². The molecule has 5 N–H and O–H groups in total. The van der Waals surface area contributed by atoms with Gasteiger partial charge in [-0.3, -0.25) is 9.59 Å². The molecule has 1 unspecified atom stereocenters. The van der Waals surface area contributed by atoms with Gasteiger partial charge in [0.1, 0.15) is 0 Å². The summed E-state index contributed by atoms with van der Waals surface area (Å²) in [6, 6.07) is -0.364.